The zero-order valence-corrected chi connectivity index (χ0v) is 15.6. The first-order valence-electron chi connectivity index (χ1n) is 9.17. The summed E-state index contributed by atoms with van der Waals surface area (Å²) in [5.74, 6) is -6.90. The van der Waals surface area contributed by atoms with Crippen molar-refractivity contribution in [3.63, 3.8) is 0 Å². The molecule has 1 amide bonds. The number of anilines is 1. The number of esters is 1. The Morgan fingerprint density at radius 1 is 0.966 bits per heavy atom. The molecule has 1 saturated carbocycles. The molecule has 0 bridgehead atoms. The predicted molar refractivity (Wildman–Crippen MR) is 97.0 cm³/mol. The summed E-state index contributed by atoms with van der Waals surface area (Å²) in [4.78, 5) is 25.2. The topological polar surface area (TPSA) is 55.4 Å². The summed E-state index contributed by atoms with van der Waals surface area (Å²) >= 11 is 0. The van der Waals surface area contributed by atoms with E-state index in [0.717, 1.165) is 6.07 Å². The highest BCUT2D eigenvalue weighted by Gasteiger charge is 2.46. The first-order valence-corrected chi connectivity index (χ1v) is 9.17. The zero-order valence-electron chi connectivity index (χ0n) is 15.6. The van der Waals surface area contributed by atoms with Gasteiger partial charge >= 0.3 is 5.97 Å². The highest BCUT2D eigenvalue weighted by atomic mass is 19.2. The van der Waals surface area contributed by atoms with E-state index in [-0.39, 0.29) is 5.56 Å². The SMILES string of the molecule is CC(OC(=O)C1(c2ccccc2F)CCCC1)C(=O)Nc1ccc(F)c(F)c1F. The number of benzene rings is 2. The van der Waals surface area contributed by atoms with Crippen LogP contribution in [-0.2, 0) is 19.7 Å². The average molecular weight is 409 g/mol. The third-order valence-corrected chi connectivity index (χ3v) is 5.18. The van der Waals surface area contributed by atoms with Gasteiger partial charge in [-0.3, -0.25) is 9.59 Å². The fourth-order valence-electron chi connectivity index (χ4n) is 3.59. The first-order chi connectivity index (χ1) is 13.8. The van der Waals surface area contributed by atoms with Gasteiger partial charge in [-0.05, 0) is 38.0 Å². The molecule has 1 fully saturated rings. The van der Waals surface area contributed by atoms with Crippen LogP contribution in [0, 0.1) is 23.3 Å². The molecule has 0 saturated heterocycles. The Hall–Kier alpha value is -2.90. The van der Waals surface area contributed by atoms with E-state index < -0.39 is 52.4 Å². The van der Waals surface area contributed by atoms with Crippen LogP contribution >= 0.6 is 0 Å². The van der Waals surface area contributed by atoms with Gasteiger partial charge in [0, 0.05) is 5.56 Å². The van der Waals surface area contributed by atoms with Crippen molar-refractivity contribution < 1.29 is 31.9 Å². The maximum Gasteiger partial charge on any atom is 0.317 e. The summed E-state index contributed by atoms with van der Waals surface area (Å²) in [5, 5.41) is 2.07. The Bertz CT molecular complexity index is 942. The standard InChI is InChI=1S/C21H19F4NO3/c1-12(19(27)26-16-9-8-15(23)17(24)18(16)25)29-20(28)21(10-4-5-11-21)13-6-2-3-7-14(13)22/h2-3,6-9,12H,4-5,10-11H2,1H3,(H,26,27). The van der Waals surface area contributed by atoms with E-state index in [2.05, 4.69) is 5.32 Å². The van der Waals surface area contributed by atoms with Gasteiger partial charge in [0.1, 0.15) is 5.82 Å². The number of amides is 1. The Balaban J connectivity index is 1.76. The molecule has 1 aliphatic carbocycles. The molecule has 154 valence electrons. The van der Waals surface area contributed by atoms with E-state index in [1.165, 1.54) is 25.1 Å². The molecule has 0 heterocycles. The smallest absolute Gasteiger partial charge is 0.317 e. The van der Waals surface area contributed by atoms with Gasteiger partial charge in [-0.25, -0.2) is 17.6 Å². The maximum atomic E-state index is 14.4. The number of nitrogens with one attached hydrogen (secondary N) is 1. The van der Waals surface area contributed by atoms with E-state index in [9.17, 15) is 27.2 Å². The number of carbonyl (C=O) groups is 2. The van der Waals surface area contributed by atoms with Crippen LogP contribution in [0.4, 0.5) is 23.2 Å². The van der Waals surface area contributed by atoms with Crippen LogP contribution < -0.4 is 5.32 Å². The number of carbonyl (C=O) groups excluding carboxylic acids is 2. The fraction of sp³-hybridized carbons (Fsp3) is 0.333. The molecule has 1 atom stereocenters. The lowest BCUT2D eigenvalue weighted by atomic mass is 9.78. The molecule has 8 heteroatoms. The minimum absolute atomic E-state index is 0.210. The Morgan fingerprint density at radius 3 is 2.28 bits per heavy atom. The molecule has 3 rings (SSSR count). The molecule has 0 aliphatic heterocycles. The van der Waals surface area contributed by atoms with Crippen molar-refractivity contribution in [2.75, 3.05) is 5.32 Å². The van der Waals surface area contributed by atoms with Crippen LogP contribution in [0.15, 0.2) is 36.4 Å². The summed E-state index contributed by atoms with van der Waals surface area (Å²) in [6, 6.07) is 7.43. The highest BCUT2D eigenvalue weighted by molar-refractivity contribution is 5.96. The van der Waals surface area contributed by atoms with Crippen molar-refractivity contribution in [3.05, 3.63) is 65.2 Å². The van der Waals surface area contributed by atoms with Crippen LogP contribution in [0.5, 0.6) is 0 Å². The molecule has 0 radical (unpaired) electrons. The van der Waals surface area contributed by atoms with Crippen molar-refractivity contribution in [3.8, 4) is 0 Å². The molecule has 4 nitrogen and oxygen atoms in total. The quantitative estimate of drug-likeness (QED) is 0.445. The van der Waals surface area contributed by atoms with Crippen molar-refractivity contribution in [1.82, 2.24) is 0 Å². The van der Waals surface area contributed by atoms with E-state index in [4.69, 9.17) is 4.74 Å². The van der Waals surface area contributed by atoms with Gasteiger partial charge in [0.25, 0.3) is 5.91 Å². The molecule has 0 spiro atoms. The van der Waals surface area contributed by atoms with Crippen molar-refractivity contribution >= 4 is 17.6 Å². The molecule has 2 aromatic rings. The van der Waals surface area contributed by atoms with Gasteiger partial charge in [-0.1, -0.05) is 31.0 Å². The van der Waals surface area contributed by atoms with Gasteiger partial charge in [0.15, 0.2) is 23.6 Å². The van der Waals surface area contributed by atoms with Gasteiger partial charge in [-0.2, -0.15) is 0 Å². The number of ether oxygens (including phenoxy) is 1. The van der Waals surface area contributed by atoms with Gasteiger partial charge < -0.3 is 10.1 Å². The van der Waals surface area contributed by atoms with E-state index in [1.54, 1.807) is 6.07 Å². The Morgan fingerprint density at radius 2 is 1.62 bits per heavy atom. The second-order valence-corrected chi connectivity index (χ2v) is 7.03. The minimum atomic E-state index is -1.73. The summed E-state index contributed by atoms with van der Waals surface area (Å²) in [6.45, 7) is 1.26. The number of halogens is 4. The lowest BCUT2D eigenvalue weighted by Crippen LogP contribution is -2.40. The molecule has 2 aromatic carbocycles. The van der Waals surface area contributed by atoms with Crippen molar-refractivity contribution in [2.45, 2.75) is 44.1 Å². The Labute approximate surface area is 164 Å². The van der Waals surface area contributed by atoms with Crippen molar-refractivity contribution in [1.29, 1.82) is 0 Å². The van der Waals surface area contributed by atoms with Gasteiger partial charge in [0.05, 0.1) is 11.1 Å². The monoisotopic (exact) mass is 409 g/mol. The third-order valence-electron chi connectivity index (χ3n) is 5.18. The van der Waals surface area contributed by atoms with Crippen LogP contribution in [0.25, 0.3) is 0 Å². The highest BCUT2D eigenvalue weighted by Crippen LogP contribution is 2.43. The zero-order chi connectivity index (χ0) is 21.2. The minimum Gasteiger partial charge on any atom is -0.452 e. The summed E-state index contributed by atoms with van der Waals surface area (Å²) in [5.41, 5.74) is -1.57. The van der Waals surface area contributed by atoms with E-state index in [0.29, 0.717) is 31.7 Å². The van der Waals surface area contributed by atoms with Gasteiger partial charge in [-0.15, -0.1) is 0 Å². The molecule has 1 N–H and O–H groups in total. The molecular formula is C21H19F4NO3. The fourth-order valence-corrected chi connectivity index (χ4v) is 3.59. The van der Waals surface area contributed by atoms with E-state index in [1.807, 2.05) is 0 Å². The first kappa shape index (κ1) is 20.8. The Kier molecular flexibility index (Phi) is 5.91. The predicted octanol–water partition coefficient (Wildman–Crippen LogP) is 4.63. The lowest BCUT2D eigenvalue weighted by Gasteiger charge is -2.29. The molecule has 1 unspecified atom stereocenters. The normalized spacial score (nSPS) is 16.3. The third kappa shape index (κ3) is 3.97. The average Bonchev–Trinajstić information content (AvgIpc) is 3.19. The summed E-state index contributed by atoms with van der Waals surface area (Å²) in [7, 11) is 0. The second kappa shape index (κ2) is 8.23. The van der Waals surface area contributed by atoms with Gasteiger partial charge in [0.2, 0.25) is 0 Å². The van der Waals surface area contributed by atoms with Crippen molar-refractivity contribution in [2.24, 2.45) is 0 Å². The lowest BCUT2D eigenvalue weighted by molar-refractivity contribution is -0.159. The maximum absolute atomic E-state index is 14.4. The van der Waals surface area contributed by atoms with Crippen LogP contribution in [0.3, 0.4) is 0 Å². The van der Waals surface area contributed by atoms with Crippen LogP contribution in [-0.4, -0.2) is 18.0 Å². The second-order valence-electron chi connectivity index (χ2n) is 7.03. The number of hydrogen-bond donors (Lipinski definition) is 1. The molecule has 29 heavy (non-hydrogen) atoms. The van der Waals surface area contributed by atoms with Crippen LogP contribution in [0.2, 0.25) is 0 Å². The summed E-state index contributed by atoms with van der Waals surface area (Å²) < 4.78 is 59.7. The van der Waals surface area contributed by atoms with E-state index >= 15 is 0 Å². The molecule has 1 aliphatic rings. The number of rotatable bonds is 5. The van der Waals surface area contributed by atoms with Crippen LogP contribution in [0.1, 0.15) is 38.2 Å². The summed E-state index contributed by atoms with van der Waals surface area (Å²) in [6.07, 6.45) is 0.783. The largest absolute Gasteiger partial charge is 0.452 e. The molecule has 0 aromatic heterocycles. The number of hydrogen-bond acceptors (Lipinski definition) is 3. The molecular weight excluding hydrogens is 390 g/mol.